The predicted octanol–water partition coefficient (Wildman–Crippen LogP) is 1.90. The van der Waals surface area contributed by atoms with Crippen LogP contribution in [0.2, 0.25) is 0 Å². The van der Waals surface area contributed by atoms with Crippen LogP contribution in [-0.2, 0) is 14.8 Å². The number of hydrogen-bond donors (Lipinski definition) is 0. The van der Waals surface area contributed by atoms with Crippen molar-refractivity contribution in [1.29, 1.82) is 0 Å². The Hall–Kier alpha value is -2.40. The summed E-state index contributed by atoms with van der Waals surface area (Å²) in [5, 5.41) is 11.6. The lowest BCUT2D eigenvalue weighted by Gasteiger charge is -2.35. The molecule has 0 bridgehead atoms. The molecule has 1 saturated heterocycles. The second-order valence-electron chi connectivity index (χ2n) is 6.17. The van der Waals surface area contributed by atoms with Gasteiger partial charge in [0.25, 0.3) is 5.69 Å². The topological polar surface area (TPSA) is 113 Å². The van der Waals surface area contributed by atoms with Crippen LogP contribution in [0.1, 0.15) is 20.8 Å². The molecule has 0 saturated carbocycles. The third-order valence-electron chi connectivity index (χ3n) is 4.63. The van der Waals surface area contributed by atoms with Crippen molar-refractivity contribution < 1.29 is 22.9 Å². The summed E-state index contributed by atoms with van der Waals surface area (Å²) >= 11 is 0. The summed E-state index contributed by atoms with van der Waals surface area (Å²) < 4.78 is 31.6. The first-order chi connectivity index (χ1) is 13.3. The lowest BCUT2D eigenvalue weighted by atomic mass is 10.2. The fourth-order valence-electron chi connectivity index (χ4n) is 3.13. The minimum Gasteiger partial charge on any atom is -0.450 e. The summed E-state index contributed by atoms with van der Waals surface area (Å²) in [5.74, 6) is 0. The van der Waals surface area contributed by atoms with Crippen molar-refractivity contribution in [2.24, 2.45) is 0 Å². The van der Waals surface area contributed by atoms with Crippen LogP contribution in [0.4, 0.5) is 16.2 Å². The number of nitrogens with zero attached hydrogens (tertiary/aromatic N) is 4. The second kappa shape index (κ2) is 9.20. The Morgan fingerprint density at radius 2 is 1.79 bits per heavy atom. The van der Waals surface area contributed by atoms with Gasteiger partial charge in [-0.15, -0.1) is 0 Å². The number of nitro groups is 1. The molecule has 1 fully saturated rings. The largest absolute Gasteiger partial charge is 0.450 e. The van der Waals surface area contributed by atoms with Gasteiger partial charge in [0.2, 0.25) is 10.0 Å². The first kappa shape index (κ1) is 21.9. The molecule has 1 aliphatic heterocycles. The van der Waals surface area contributed by atoms with Crippen molar-refractivity contribution in [3.05, 3.63) is 28.3 Å². The SMILES string of the molecule is CCOC(=O)N1CCN(c2ccc(S(=O)(=O)N(CC)CC)cc2[N+](=O)[O-])CC1. The third kappa shape index (κ3) is 4.53. The normalized spacial score (nSPS) is 15.0. The molecule has 11 heteroatoms. The number of piperazine rings is 1. The van der Waals surface area contributed by atoms with E-state index in [0.717, 1.165) is 6.07 Å². The molecule has 0 aromatic heterocycles. The molecular formula is C17H26N4O6S. The van der Waals surface area contributed by atoms with Gasteiger partial charge in [-0.05, 0) is 19.1 Å². The number of benzene rings is 1. The van der Waals surface area contributed by atoms with Crippen molar-refractivity contribution in [2.75, 3.05) is 50.8 Å². The lowest BCUT2D eigenvalue weighted by Crippen LogP contribution is -2.49. The quantitative estimate of drug-likeness (QED) is 0.494. The Morgan fingerprint density at radius 3 is 2.29 bits per heavy atom. The fraction of sp³-hybridized carbons (Fsp3) is 0.588. The lowest BCUT2D eigenvalue weighted by molar-refractivity contribution is -0.384. The van der Waals surface area contributed by atoms with E-state index in [1.165, 1.54) is 16.4 Å². The van der Waals surface area contributed by atoms with Crippen LogP contribution < -0.4 is 4.90 Å². The standard InChI is InChI=1S/C17H26N4O6S/c1-4-20(5-2)28(25,26)14-7-8-15(16(13-14)21(23)24)18-9-11-19(12-10-18)17(22)27-6-3/h7-8,13H,4-6,9-12H2,1-3H3. The van der Waals surface area contributed by atoms with Gasteiger partial charge in [-0.1, -0.05) is 13.8 Å². The van der Waals surface area contributed by atoms with Gasteiger partial charge >= 0.3 is 6.09 Å². The van der Waals surface area contributed by atoms with E-state index in [4.69, 9.17) is 4.74 Å². The Balaban J connectivity index is 2.28. The molecule has 10 nitrogen and oxygen atoms in total. The molecule has 0 N–H and O–H groups in total. The first-order valence-corrected chi connectivity index (χ1v) is 10.6. The number of hydrogen-bond acceptors (Lipinski definition) is 7. The summed E-state index contributed by atoms with van der Waals surface area (Å²) in [6, 6.07) is 3.98. The van der Waals surface area contributed by atoms with Gasteiger partial charge in [0, 0.05) is 45.3 Å². The Labute approximate surface area is 164 Å². The minimum atomic E-state index is -3.79. The van der Waals surface area contributed by atoms with E-state index in [1.54, 1.807) is 30.6 Å². The minimum absolute atomic E-state index is 0.100. The van der Waals surface area contributed by atoms with Crippen molar-refractivity contribution >= 4 is 27.5 Å². The van der Waals surface area contributed by atoms with Crippen LogP contribution in [0.15, 0.2) is 23.1 Å². The summed E-state index contributed by atoms with van der Waals surface area (Å²) in [6.07, 6.45) is -0.405. The Morgan fingerprint density at radius 1 is 1.18 bits per heavy atom. The number of sulfonamides is 1. The molecule has 0 spiro atoms. The smallest absolute Gasteiger partial charge is 0.409 e. The molecule has 0 radical (unpaired) electrons. The van der Waals surface area contributed by atoms with Crippen LogP contribution in [0.25, 0.3) is 0 Å². The van der Waals surface area contributed by atoms with Gasteiger partial charge in [0.1, 0.15) is 5.69 Å². The zero-order valence-corrected chi connectivity index (χ0v) is 17.1. The second-order valence-corrected chi connectivity index (χ2v) is 8.11. The first-order valence-electron chi connectivity index (χ1n) is 9.21. The molecular weight excluding hydrogens is 388 g/mol. The Bertz CT molecular complexity index is 817. The van der Waals surface area contributed by atoms with Crippen LogP contribution >= 0.6 is 0 Å². The number of amides is 1. The van der Waals surface area contributed by atoms with Crippen LogP contribution in [0.3, 0.4) is 0 Å². The fourth-order valence-corrected chi connectivity index (χ4v) is 4.61. The van der Waals surface area contributed by atoms with E-state index in [2.05, 4.69) is 0 Å². The van der Waals surface area contributed by atoms with E-state index in [0.29, 0.717) is 31.9 Å². The highest BCUT2D eigenvalue weighted by molar-refractivity contribution is 7.89. The molecule has 1 heterocycles. The van der Waals surface area contributed by atoms with Crippen LogP contribution in [0.5, 0.6) is 0 Å². The highest BCUT2D eigenvalue weighted by Crippen LogP contribution is 2.32. The maximum atomic E-state index is 12.7. The zero-order valence-electron chi connectivity index (χ0n) is 16.3. The molecule has 2 rings (SSSR count). The molecule has 1 aliphatic rings. The Kier molecular flexibility index (Phi) is 7.19. The van der Waals surface area contributed by atoms with E-state index in [1.807, 2.05) is 0 Å². The van der Waals surface area contributed by atoms with E-state index in [-0.39, 0.29) is 30.3 Å². The van der Waals surface area contributed by atoms with Gasteiger partial charge in [-0.3, -0.25) is 10.1 Å². The van der Waals surface area contributed by atoms with Gasteiger partial charge in [-0.2, -0.15) is 4.31 Å². The molecule has 0 unspecified atom stereocenters. The monoisotopic (exact) mass is 414 g/mol. The molecule has 0 aliphatic carbocycles. The molecule has 1 aromatic carbocycles. The highest BCUT2D eigenvalue weighted by atomic mass is 32.2. The van der Waals surface area contributed by atoms with E-state index < -0.39 is 21.0 Å². The van der Waals surface area contributed by atoms with Gasteiger partial charge in [-0.25, -0.2) is 13.2 Å². The number of ether oxygens (including phenoxy) is 1. The average Bonchev–Trinajstić information content (AvgIpc) is 2.68. The number of rotatable bonds is 7. The zero-order chi connectivity index (χ0) is 20.9. The predicted molar refractivity (Wildman–Crippen MR) is 104 cm³/mol. The molecule has 156 valence electrons. The summed E-state index contributed by atoms with van der Waals surface area (Å²) in [5.41, 5.74) is 0.0739. The van der Waals surface area contributed by atoms with Crippen molar-refractivity contribution in [1.82, 2.24) is 9.21 Å². The molecule has 1 aromatic rings. The summed E-state index contributed by atoms with van der Waals surface area (Å²) in [6.45, 7) is 7.53. The third-order valence-corrected chi connectivity index (χ3v) is 6.68. The highest BCUT2D eigenvalue weighted by Gasteiger charge is 2.29. The van der Waals surface area contributed by atoms with Gasteiger partial charge < -0.3 is 14.5 Å². The van der Waals surface area contributed by atoms with Gasteiger partial charge in [0.15, 0.2) is 0 Å². The van der Waals surface area contributed by atoms with Crippen molar-refractivity contribution in [2.45, 2.75) is 25.7 Å². The van der Waals surface area contributed by atoms with Gasteiger partial charge in [0.05, 0.1) is 16.4 Å². The maximum Gasteiger partial charge on any atom is 0.409 e. The summed E-state index contributed by atoms with van der Waals surface area (Å²) in [4.78, 5) is 26.0. The maximum absolute atomic E-state index is 12.7. The average molecular weight is 414 g/mol. The van der Waals surface area contributed by atoms with E-state index >= 15 is 0 Å². The molecule has 28 heavy (non-hydrogen) atoms. The number of carbonyl (C=O) groups excluding carboxylic acids is 1. The van der Waals surface area contributed by atoms with Crippen molar-refractivity contribution in [3.63, 3.8) is 0 Å². The van der Waals surface area contributed by atoms with E-state index in [9.17, 15) is 23.3 Å². The number of anilines is 1. The molecule has 1 amide bonds. The number of carbonyl (C=O) groups is 1. The summed E-state index contributed by atoms with van der Waals surface area (Å²) in [7, 11) is -3.79. The number of nitro benzene ring substituents is 1. The molecule has 0 atom stereocenters. The van der Waals surface area contributed by atoms with Crippen LogP contribution in [-0.4, -0.2) is 74.5 Å². The van der Waals surface area contributed by atoms with Crippen molar-refractivity contribution in [3.8, 4) is 0 Å². The van der Waals surface area contributed by atoms with Crippen LogP contribution in [0, 0.1) is 10.1 Å².